The fourth-order valence-electron chi connectivity index (χ4n) is 3.57. The lowest BCUT2D eigenvalue weighted by molar-refractivity contribution is -0.132. The molecule has 0 saturated carbocycles. The van der Waals surface area contributed by atoms with Crippen molar-refractivity contribution in [2.45, 2.75) is 6.54 Å². The molecule has 4 rings (SSSR count). The zero-order valence-corrected chi connectivity index (χ0v) is 16.7. The van der Waals surface area contributed by atoms with Crippen molar-refractivity contribution >= 4 is 38.4 Å². The minimum atomic E-state index is -0.242. The number of anilines is 1. The molecule has 0 bridgehead atoms. The van der Waals surface area contributed by atoms with Crippen molar-refractivity contribution < 1.29 is 9.18 Å². The first-order valence-electron chi connectivity index (χ1n) is 9.09. The number of nitrogens with zero attached hydrogens (tertiary/aromatic N) is 3. The molecule has 1 amide bonds. The fourth-order valence-corrected chi connectivity index (χ4v) is 3.93. The summed E-state index contributed by atoms with van der Waals surface area (Å²) in [6.45, 7) is 2.42. The van der Waals surface area contributed by atoms with E-state index in [4.69, 9.17) is 0 Å². The number of pyridine rings is 1. The number of benzene rings is 2. The Kier molecular flexibility index (Phi) is 5.17. The van der Waals surface area contributed by atoms with Gasteiger partial charge in [-0.05, 0) is 30.3 Å². The maximum atomic E-state index is 14.0. The number of halogens is 2. The van der Waals surface area contributed by atoms with E-state index in [9.17, 15) is 14.0 Å². The van der Waals surface area contributed by atoms with E-state index < -0.39 is 0 Å². The molecule has 2 aromatic carbocycles. The average molecular weight is 444 g/mol. The van der Waals surface area contributed by atoms with Gasteiger partial charge in [0, 0.05) is 48.3 Å². The fraction of sp³-hybridized carbons (Fsp3) is 0.238. The molecule has 0 unspecified atom stereocenters. The van der Waals surface area contributed by atoms with Crippen molar-refractivity contribution in [3.63, 3.8) is 0 Å². The lowest BCUT2D eigenvalue weighted by atomic mass is 10.2. The number of fused-ring (bicyclic) bond motifs is 1. The van der Waals surface area contributed by atoms with Gasteiger partial charge in [0.15, 0.2) is 5.43 Å². The van der Waals surface area contributed by atoms with Crippen LogP contribution in [0.15, 0.2) is 64.0 Å². The molecular formula is C21H19BrFN3O2. The largest absolute Gasteiger partial charge is 0.366 e. The van der Waals surface area contributed by atoms with E-state index in [-0.39, 0.29) is 23.7 Å². The number of carbonyl (C=O) groups excluding carboxylic acids is 1. The second kappa shape index (κ2) is 7.75. The van der Waals surface area contributed by atoms with Crippen LogP contribution in [-0.4, -0.2) is 41.6 Å². The van der Waals surface area contributed by atoms with Crippen LogP contribution in [0.25, 0.3) is 10.9 Å². The van der Waals surface area contributed by atoms with Crippen LogP contribution in [0.5, 0.6) is 0 Å². The van der Waals surface area contributed by atoms with Crippen LogP contribution < -0.4 is 10.3 Å². The zero-order valence-electron chi connectivity index (χ0n) is 15.1. The highest BCUT2D eigenvalue weighted by Gasteiger charge is 2.23. The summed E-state index contributed by atoms with van der Waals surface area (Å²) in [5, 5.41) is 0.578. The van der Waals surface area contributed by atoms with Gasteiger partial charge in [0.05, 0.1) is 11.2 Å². The molecule has 0 spiro atoms. The first kappa shape index (κ1) is 18.7. The van der Waals surface area contributed by atoms with Crippen LogP contribution in [0, 0.1) is 5.82 Å². The molecular weight excluding hydrogens is 425 g/mol. The molecule has 1 fully saturated rings. The molecule has 1 aliphatic heterocycles. The van der Waals surface area contributed by atoms with E-state index in [0.717, 1.165) is 9.99 Å². The van der Waals surface area contributed by atoms with Crippen LogP contribution in [0.4, 0.5) is 10.1 Å². The second-order valence-corrected chi connectivity index (χ2v) is 7.70. The third kappa shape index (κ3) is 3.67. The molecule has 0 aliphatic carbocycles. The van der Waals surface area contributed by atoms with Crippen molar-refractivity contribution in [1.82, 2.24) is 9.47 Å². The Balaban J connectivity index is 1.47. The molecule has 5 nitrogen and oxygen atoms in total. The molecule has 144 valence electrons. The van der Waals surface area contributed by atoms with Crippen molar-refractivity contribution in [3.05, 3.63) is 75.2 Å². The monoisotopic (exact) mass is 443 g/mol. The molecule has 7 heteroatoms. The minimum absolute atomic E-state index is 0.0129. The predicted molar refractivity (Wildman–Crippen MR) is 111 cm³/mol. The quantitative estimate of drug-likeness (QED) is 0.623. The van der Waals surface area contributed by atoms with Gasteiger partial charge in [-0.15, -0.1) is 0 Å². The SMILES string of the molecule is O=C(Cn1ccc(=O)c2cc(Br)ccc21)N1CCN(c2ccccc2F)CC1. The first-order valence-corrected chi connectivity index (χ1v) is 9.88. The van der Waals surface area contributed by atoms with Gasteiger partial charge in [-0.1, -0.05) is 28.1 Å². The van der Waals surface area contributed by atoms with Crippen LogP contribution in [0.3, 0.4) is 0 Å². The lowest BCUT2D eigenvalue weighted by Crippen LogP contribution is -2.49. The highest BCUT2D eigenvalue weighted by Crippen LogP contribution is 2.21. The number of aromatic nitrogens is 1. The molecule has 0 N–H and O–H groups in total. The van der Waals surface area contributed by atoms with Gasteiger partial charge >= 0.3 is 0 Å². The zero-order chi connectivity index (χ0) is 19.7. The standard InChI is InChI=1S/C21H19BrFN3O2/c22-15-5-6-18-16(13-15)20(27)7-8-26(18)14-21(28)25-11-9-24(10-12-25)19-4-2-1-3-17(19)23/h1-8,13H,9-12,14H2. The number of carbonyl (C=O) groups is 1. The predicted octanol–water partition coefficient (Wildman–Crippen LogP) is 3.25. The Morgan fingerprint density at radius 3 is 2.54 bits per heavy atom. The van der Waals surface area contributed by atoms with Gasteiger partial charge in [0.2, 0.25) is 5.91 Å². The molecule has 0 radical (unpaired) electrons. The van der Waals surface area contributed by atoms with Crippen molar-refractivity contribution in [1.29, 1.82) is 0 Å². The highest BCUT2D eigenvalue weighted by atomic mass is 79.9. The van der Waals surface area contributed by atoms with Crippen LogP contribution in [0.2, 0.25) is 0 Å². The first-order chi connectivity index (χ1) is 13.5. The number of para-hydroxylation sites is 1. The summed E-state index contributed by atoms with van der Waals surface area (Å²) in [6.07, 6.45) is 1.66. The van der Waals surface area contributed by atoms with E-state index in [0.29, 0.717) is 37.3 Å². The molecule has 2 heterocycles. The Morgan fingerprint density at radius 2 is 1.79 bits per heavy atom. The van der Waals surface area contributed by atoms with Gasteiger partial charge in [-0.2, -0.15) is 0 Å². The Hall–Kier alpha value is -2.67. The summed E-state index contributed by atoms with van der Waals surface area (Å²) in [4.78, 5) is 28.7. The van der Waals surface area contributed by atoms with Gasteiger partial charge < -0.3 is 14.4 Å². The number of amides is 1. The van der Waals surface area contributed by atoms with Crippen molar-refractivity contribution in [2.75, 3.05) is 31.1 Å². The van der Waals surface area contributed by atoms with E-state index >= 15 is 0 Å². The maximum absolute atomic E-state index is 14.0. The Bertz CT molecular complexity index is 1090. The number of piperazine rings is 1. The smallest absolute Gasteiger partial charge is 0.242 e. The summed E-state index contributed by atoms with van der Waals surface area (Å²) in [6, 6.07) is 13.6. The maximum Gasteiger partial charge on any atom is 0.242 e. The molecule has 28 heavy (non-hydrogen) atoms. The van der Waals surface area contributed by atoms with Crippen molar-refractivity contribution in [3.8, 4) is 0 Å². The summed E-state index contributed by atoms with van der Waals surface area (Å²) in [5.41, 5.74) is 1.24. The summed E-state index contributed by atoms with van der Waals surface area (Å²) >= 11 is 3.38. The summed E-state index contributed by atoms with van der Waals surface area (Å²) in [7, 11) is 0. The number of hydrogen-bond donors (Lipinski definition) is 0. The summed E-state index contributed by atoms with van der Waals surface area (Å²) in [5.74, 6) is -0.255. The lowest BCUT2D eigenvalue weighted by Gasteiger charge is -2.36. The second-order valence-electron chi connectivity index (χ2n) is 6.79. The van der Waals surface area contributed by atoms with Crippen LogP contribution in [-0.2, 0) is 11.3 Å². The average Bonchev–Trinajstić information content (AvgIpc) is 2.71. The molecule has 3 aromatic rings. The highest BCUT2D eigenvalue weighted by molar-refractivity contribution is 9.10. The molecule has 1 aliphatic rings. The van der Waals surface area contributed by atoms with Gasteiger partial charge in [0.25, 0.3) is 0 Å². The van der Waals surface area contributed by atoms with Crippen molar-refractivity contribution in [2.24, 2.45) is 0 Å². The van der Waals surface area contributed by atoms with Gasteiger partial charge in [-0.3, -0.25) is 9.59 Å². The Labute approximate surface area is 170 Å². The van der Waals surface area contributed by atoms with Crippen LogP contribution in [0.1, 0.15) is 0 Å². The normalized spacial score (nSPS) is 14.5. The van der Waals surface area contributed by atoms with E-state index in [1.807, 2.05) is 23.1 Å². The topological polar surface area (TPSA) is 45.6 Å². The van der Waals surface area contributed by atoms with Crippen LogP contribution >= 0.6 is 15.9 Å². The minimum Gasteiger partial charge on any atom is -0.366 e. The van der Waals surface area contributed by atoms with E-state index in [1.165, 1.54) is 12.1 Å². The summed E-state index contributed by atoms with van der Waals surface area (Å²) < 4.78 is 16.6. The van der Waals surface area contributed by atoms with Gasteiger partial charge in [-0.25, -0.2) is 4.39 Å². The molecule has 1 saturated heterocycles. The Morgan fingerprint density at radius 1 is 1.04 bits per heavy atom. The van der Waals surface area contributed by atoms with Gasteiger partial charge in [0.1, 0.15) is 12.4 Å². The number of rotatable bonds is 3. The number of hydrogen-bond acceptors (Lipinski definition) is 3. The third-order valence-electron chi connectivity index (χ3n) is 5.07. The van der Waals surface area contributed by atoms with E-state index in [1.54, 1.807) is 33.9 Å². The molecule has 1 aromatic heterocycles. The third-order valence-corrected chi connectivity index (χ3v) is 5.56. The molecule has 0 atom stereocenters. The van der Waals surface area contributed by atoms with E-state index in [2.05, 4.69) is 15.9 Å².